The van der Waals surface area contributed by atoms with Crippen LogP contribution >= 0.6 is 22.9 Å². The lowest BCUT2D eigenvalue weighted by Gasteiger charge is -2.46. The molecule has 2 aliphatic rings. The molecule has 0 aliphatic carbocycles. The van der Waals surface area contributed by atoms with Crippen LogP contribution in [0.5, 0.6) is 0 Å². The number of fused-ring (bicyclic) bond motifs is 2. The molecule has 0 bridgehead atoms. The Morgan fingerprint density at radius 1 is 1.08 bits per heavy atom. The minimum absolute atomic E-state index is 0.0982. The third-order valence-electron chi connectivity index (χ3n) is 7.18. The van der Waals surface area contributed by atoms with Gasteiger partial charge in [-0.1, -0.05) is 23.7 Å². The molecule has 0 N–H and O–H groups in total. The minimum atomic E-state index is -3.70. The van der Waals surface area contributed by atoms with Crippen LogP contribution < -0.4 is 4.80 Å². The number of hydrogen-bond donors (Lipinski definition) is 0. The van der Waals surface area contributed by atoms with Gasteiger partial charge in [-0.25, -0.2) is 13.2 Å². The molecule has 1 aromatic heterocycles. The summed E-state index contributed by atoms with van der Waals surface area (Å²) < 4.78 is 28.2. The number of rotatable bonds is 5. The molecule has 1 fully saturated rings. The SMILES string of the molecule is CN=c1scc2n1CCN([N+]1(C(=O)CCS(=O)(=O)c3ccc4cc(Cl)ccc4c3)CCCCC1)C2=O. The normalized spacial score (nSPS) is 18.4. The third-order valence-corrected chi connectivity index (χ3v) is 10.1. The third kappa shape index (κ3) is 4.40. The minimum Gasteiger partial charge on any atom is -0.311 e. The maximum absolute atomic E-state index is 13.7. The summed E-state index contributed by atoms with van der Waals surface area (Å²) in [6, 6.07) is 10.2. The van der Waals surface area contributed by atoms with Gasteiger partial charge in [0.2, 0.25) is 0 Å². The molecule has 190 valence electrons. The molecule has 0 radical (unpaired) electrons. The topological polar surface area (TPSA) is 88.8 Å². The predicted octanol–water partition coefficient (Wildman–Crippen LogP) is 3.65. The molecule has 3 heterocycles. The first-order valence-electron chi connectivity index (χ1n) is 12.0. The number of benzene rings is 2. The predicted molar refractivity (Wildman–Crippen MR) is 139 cm³/mol. The molecule has 0 atom stereocenters. The second-order valence-electron chi connectivity index (χ2n) is 9.25. The first kappa shape index (κ1) is 25.1. The quantitative estimate of drug-likeness (QED) is 0.456. The summed E-state index contributed by atoms with van der Waals surface area (Å²) in [6.07, 6.45) is 2.47. The number of halogens is 1. The van der Waals surface area contributed by atoms with Crippen molar-refractivity contribution in [2.75, 3.05) is 32.4 Å². The highest BCUT2D eigenvalue weighted by Gasteiger charge is 2.49. The number of amides is 2. The average Bonchev–Trinajstić information content (AvgIpc) is 3.31. The Labute approximate surface area is 218 Å². The molecule has 2 amide bonds. The summed E-state index contributed by atoms with van der Waals surface area (Å²) in [5.41, 5.74) is 0.534. The number of carbonyl (C=O) groups excluding carboxylic acids is 2. The van der Waals surface area contributed by atoms with Crippen LogP contribution in [0.2, 0.25) is 5.02 Å². The number of aromatic nitrogens is 1. The van der Waals surface area contributed by atoms with Crippen molar-refractivity contribution in [1.29, 1.82) is 0 Å². The van der Waals surface area contributed by atoms with E-state index < -0.39 is 9.84 Å². The monoisotopic (exact) mass is 547 g/mol. The Hall–Kier alpha value is -2.53. The summed E-state index contributed by atoms with van der Waals surface area (Å²) in [5.74, 6) is -0.716. The zero-order chi connectivity index (χ0) is 25.5. The van der Waals surface area contributed by atoms with E-state index in [0.717, 1.165) is 34.8 Å². The Balaban J connectivity index is 1.39. The second kappa shape index (κ2) is 9.74. The van der Waals surface area contributed by atoms with E-state index in [0.29, 0.717) is 36.9 Å². The van der Waals surface area contributed by atoms with Gasteiger partial charge in [0.1, 0.15) is 18.8 Å². The van der Waals surface area contributed by atoms with Crippen LogP contribution in [-0.4, -0.2) is 66.8 Å². The molecule has 0 saturated carbocycles. The molecule has 0 unspecified atom stereocenters. The van der Waals surface area contributed by atoms with Gasteiger partial charge in [0.15, 0.2) is 14.6 Å². The van der Waals surface area contributed by atoms with Crippen molar-refractivity contribution in [1.82, 2.24) is 9.58 Å². The largest absolute Gasteiger partial charge is 0.339 e. The van der Waals surface area contributed by atoms with E-state index in [1.807, 2.05) is 4.57 Å². The van der Waals surface area contributed by atoms with Gasteiger partial charge in [0.25, 0.3) is 0 Å². The maximum atomic E-state index is 13.7. The van der Waals surface area contributed by atoms with E-state index in [1.165, 1.54) is 11.3 Å². The zero-order valence-electron chi connectivity index (χ0n) is 20.0. The number of nitrogens with zero attached hydrogens (tertiary/aromatic N) is 4. The van der Waals surface area contributed by atoms with Gasteiger partial charge in [-0.15, -0.1) is 11.3 Å². The molecule has 36 heavy (non-hydrogen) atoms. The van der Waals surface area contributed by atoms with Crippen LogP contribution in [0, 0.1) is 0 Å². The smallest absolute Gasteiger partial charge is 0.311 e. The van der Waals surface area contributed by atoms with Gasteiger partial charge in [-0.05, 0) is 54.3 Å². The fourth-order valence-electron chi connectivity index (χ4n) is 5.28. The van der Waals surface area contributed by atoms with Crippen LogP contribution in [0.3, 0.4) is 0 Å². The Morgan fingerprint density at radius 2 is 1.81 bits per heavy atom. The van der Waals surface area contributed by atoms with Gasteiger partial charge in [0.05, 0.1) is 23.6 Å². The highest BCUT2D eigenvalue weighted by molar-refractivity contribution is 7.91. The summed E-state index contributed by atoms with van der Waals surface area (Å²) >= 11 is 7.45. The summed E-state index contributed by atoms with van der Waals surface area (Å²) in [5, 5.41) is 5.66. The second-order valence-corrected chi connectivity index (χ2v) is 12.6. The first-order valence-corrected chi connectivity index (χ1v) is 14.9. The number of piperidine rings is 1. The molecule has 5 rings (SSSR count). The van der Waals surface area contributed by atoms with Crippen molar-refractivity contribution in [3.8, 4) is 0 Å². The molecule has 2 aromatic carbocycles. The highest BCUT2D eigenvalue weighted by Crippen LogP contribution is 2.29. The Kier molecular flexibility index (Phi) is 6.80. The average molecular weight is 548 g/mol. The van der Waals surface area contributed by atoms with E-state index in [4.69, 9.17) is 11.6 Å². The van der Waals surface area contributed by atoms with Crippen LogP contribution in [0.1, 0.15) is 36.2 Å². The lowest BCUT2D eigenvalue weighted by molar-refractivity contribution is -0.960. The van der Waals surface area contributed by atoms with E-state index in [2.05, 4.69) is 4.99 Å². The molecular weight excluding hydrogens is 520 g/mol. The summed E-state index contributed by atoms with van der Waals surface area (Å²) in [6.45, 7) is 1.97. The van der Waals surface area contributed by atoms with Gasteiger partial charge >= 0.3 is 11.8 Å². The number of sulfone groups is 1. The van der Waals surface area contributed by atoms with Crippen LogP contribution in [-0.2, 0) is 21.2 Å². The van der Waals surface area contributed by atoms with Crippen LogP contribution in [0.4, 0.5) is 0 Å². The maximum Gasteiger partial charge on any atom is 0.339 e. The van der Waals surface area contributed by atoms with Gasteiger partial charge in [-0.2, -0.15) is 9.60 Å². The molecular formula is C25H28ClN4O4S2+. The summed E-state index contributed by atoms with van der Waals surface area (Å²) in [4.78, 5) is 32.4. The van der Waals surface area contributed by atoms with E-state index in [1.54, 1.807) is 53.8 Å². The van der Waals surface area contributed by atoms with E-state index in [-0.39, 0.29) is 33.5 Å². The number of quaternary nitrogens is 1. The number of thiazole rings is 1. The van der Waals surface area contributed by atoms with E-state index in [9.17, 15) is 18.0 Å². The van der Waals surface area contributed by atoms with Gasteiger partial charge in [-0.3, -0.25) is 9.79 Å². The lowest BCUT2D eigenvalue weighted by Crippen LogP contribution is -2.69. The number of hydrogen-bond acceptors (Lipinski definition) is 6. The molecule has 11 heteroatoms. The number of likely N-dealkylation sites (tertiary alicyclic amines) is 1. The molecule has 8 nitrogen and oxygen atoms in total. The molecule has 0 spiro atoms. The molecule has 3 aromatic rings. The van der Waals surface area contributed by atoms with Crippen molar-refractivity contribution in [2.24, 2.45) is 4.99 Å². The van der Waals surface area contributed by atoms with Crippen LogP contribution in [0.25, 0.3) is 10.8 Å². The van der Waals surface area contributed by atoms with Crippen molar-refractivity contribution in [2.45, 2.75) is 37.1 Å². The van der Waals surface area contributed by atoms with Gasteiger partial charge in [0, 0.05) is 24.0 Å². The zero-order valence-corrected chi connectivity index (χ0v) is 22.4. The Bertz CT molecular complexity index is 1520. The van der Waals surface area contributed by atoms with Crippen molar-refractivity contribution >= 4 is 55.4 Å². The lowest BCUT2D eigenvalue weighted by atomic mass is 10.1. The van der Waals surface area contributed by atoms with E-state index >= 15 is 0 Å². The standard InChI is InChI=1S/C25H28ClN4O4S2/c1-27-25-28-10-11-29(24(32)22(28)17-35-25)30(12-3-2-4-13-30)23(31)9-14-36(33,34)21-8-6-18-15-20(26)7-5-19(18)16-21/h5-8,15-17H,2-4,9-14H2,1H3/q+1. The fraction of sp³-hybridized carbons (Fsp3) is 0.400. The first-order chi connectivity index (χ1) is 17.2. The van der Waals surface area contributed by atoms with Crippen molar-refractivity contribution in [3.05, 3.63) is 57.3 Å². The summed E-state index contributed by atoms with van der Waals surface area (Å²) in [7, 11) is -2.00. The Morgan fingerprint density at radius 3 is 2.56 bits per heavy atom. The van der Waals surface area contributed by atoms with Crippen molar-refractivity contribution < 1.29 is 22.6 Å². The van der Waals surface area contributed by atoms with Gasteiger partial charge < -0.3 is 4.57 Å². The van der Waals surface area contributed by atoms with Crippen molar-refractivity contribution in [3.63, 3.8) is 0 Å². The molecule has 1 saturated heterocycles. The molecule has 2 aliphatic heterocycles. The fourth-order valence-corrected chi connectivity index (χ4v) is 7.59. The van der Waals surface area contributed by atoms with Crippen LogP contribution in [0.15, 0.2) is 51.7 Å². The highest BCUT2D eigenvalue weighted by atomic mass is 35.5. The number of carbonyl (C=O) groups is 2.